The van der Waals surface area contributed by atoms with Gasteiger partial charge in [0.2, 0.25) is 5.91 Å². The molecule has 2 N–H and O–H groups in total. The number of hydrogen-bond acceptors (Lipinski definition) is 3. The molecule has 2 unspecified atom stereocenters. The monoisotopic (exact) mass is 209 g/mol. The molecule has 1 amide bonds. The molecule has 1 aliphatic rings. The quantitative estimate of drug-likeness (QED) is 0.742. The van der Waals surface area contributed by atoms with Crippen molar-refractivity contribution >= 4 is 5.91 Å². The van der Waals surface area contributed by atoms with E-state index in [0.29, 0.717) is 12.5 Å². The number of nitrogens with zero attached hydrogens (tertiary/aromatic N) is 2. The van der Waals surface area contributed by atoms with Crippen LogP contribution in [0.5, 0.6) is 0 Å². The summed E-state index contributed by atoms with van der Waals surface area (Å²) in [5.41, 5.74) is 5.26. The second-order valence-corrected chi connectivity index (χ2v) is 4.77. The first kappa shape index (κ1) is 12.0. The van der Waals surface area contributed by atoms with Crippen LogP contribution in [0, 0.1) is 23.2 Å². The highest BCUT2D eigenvalue weighted by atomic mass is 16.2. The van der Waals surface area contributed by atoms with Crippen molar-refractivity contribution in [3.05, 3.63) is 0 Å². The first-order valence-electron chi connectivity index (χ1n) is 5.33. The van der Waals surface area contributed by atoms with Gasteiger partial charge in [-0.3, -0.25) is 4.79 Å². The minimum atomic E-state index is -0.746. The maximum Gasteiger partial charge on any atom is 0.242 e. The number of carbonyl (C=O) groups is 1. The molecule has 0 aliphatic heterocycles. The molecule has 4 heteroatoms. The van der Waals surface area contributed by atoms with E-state index in [9.17, 15) is 4.79 Å². The Hall–Kier alpha value is -1.08. The molecule has 0 radical (unpaired) electrons. The Kier molecular flexibility index (Phi) is 3.35. The first-order valence-corrected chi connectivity index (χ1v) is 5.33. The fraction of sp³-hybridized carbons (Fsp3) is 0.818. The van der Waals surface area contributed by atoms with E-state index in [1.54, 1.807) is 25.8 Å². The molecule has 84 valence electrons. The van der Waals surface area contributed by atoms with Crippen molar-refractivity contribution in [3.63, 3.8) is 0 Å². The van der Waals surface area contributed by atoms with Crippen molar-refractivity contribution < 1.29 is 4.79 Å². The lowest BCUT2D eigenvalue weighted by atomic mass is 9.95. The van der Waals surface area contributed by atoms with E-state index in [1.165, 1.54) is 0 Å². The van der Waals surface area contributed by atoms with Crippen LogP contribution in [-0.4, -0.2) is 29.9 Å². The van der Waals surface area contributed by atoms with Crippen molar-refractivity contribution in [1.82, 2.24) is 4.90 Å². The third-order valence-corrected chi connectivity index (χ3v) is 3.00. The molecular weight excluding hydrogens is 190 g/mol. The number of nitrogens with two attached hydrogens (primary N) is 1. The molecule has 1 rings (SSSR count). The highest BCUT2D eigenvalue weighted by Crippen LogP contribution is 2.38. The lowest BCUT2D eigenvalue weighted by molar-refractivity contribution is -0.136. The van der Waals surface area contributed by atoms with Gasteiger partial charge in [0.05, 0.1) is 17.5 Å². The minimum Gasteiger partial charge on any atom is -0.343 e. The topological polar surface area (TPSA) is 70.1 Å². The van der Waals surface area contributed by atoms with Crippen LogP contribution in [0.25, 0.3) is 0 Å². The number of hydrogen-bond donors (Lipinski definition) is 1. The smallest absolute Gasteiger partial charge is 0.242 e. The molecule has 0 aromatic rings. The molecule has 4 nitrogen and oxygen atoms in total. The molecular formula is C11H19N3O. The van der Waals surface area contributed by atoms with Crippen molar-refractivity contribution in [2.75, 3.05) is 13.6 Å². The van der Waals surface area contributed by atoms with E-state index >= 15 is 0 Å². The van der Waals surface area contributed by atoms with Gasteiger partial charge >= 0.3 is 0 Å². The SMILES string of the molecule is CC(C#N)CN(C)C(=O)C(C)(N)C1CC1. The second kappa shape index (κ2) is 4.19. The Labute approximate surface area is 91.0 Å². The molecule has 15 heavy (non-hydrogen) atoms. The molecule has 0 heterocycles. The average Bonchev–Trinajstić information content (AvgIpc) is 2.99. The van der Waals surface area contributed by atoms with Crippen LogP contribution in [0.1, 0.15) is 26.7 Å². The van der Waals surface area contributed by atoms with Gasteiger partial charge in [0, 0.05) is 13.6 Å². The lowest BCUT2D eigenvalue weighted by Crippen LogP contribution is -2.54. The highest BCUT2D eigenvalue weighted by molar-refractivity contribution is 5.86. The van der Waals surface area contributed by atoms with Crippen LogP contribution < -0.4 is 5.73 Å². The zero-order chi connectivity index (χ0) is 11.6. The number of nitriles is 1. The number of rotatable bonds is 4. The molecule has 0 aromatic carbocycles. The van der Waals surface area contributed by atoms with Crippen LogP contribution >= 0.6 is 0 Å². The minimum absolute atomic E-state index is 0.0490. The highest BCUT2D eigenvalue weighted by Gasteiger charge is 2.45. The van der Waals surface area contributed by atoms with E-state index in [-0.39, 0.29) is 11.8 Å². The van der Waals surface area contributed by atoms with Crippen LogP contribution in [0.4, 0.5) is 0 Å². The molecule has 0 bridgehead atoms. The molecule has 0 saturated heterocycles. The predicted molar refractivity (Wildman–Crippen MR) is 57.7 cm³/mol. The first-order chi connectivity index (χ1) is 6.89. The summed E-state index contributed by atoms with van der Waals surface area (Å²) in [6, 6.07) is 2.11. The Balaban J connectivity index is 2.56. The lowest BCUT2D eigenvalue weighted by Gasteiger charge is -2.29. The summed E-state index contributed by atoms with van der Waals surface area (Å²) < 4.78 is 0. The zero-order valence-electron chi connectivity index (χ0n) is 9.66. The third kappa shape index (κ3) is 2.69. The summed E-state index contributed by atoms with van der Waals surface area (Å²) in [5, 5.41) is 8.67. The van der Waals surface area contributed by atoms with Gasteiger partial charge in [-0.1, -0.05) is 0 Å². The fourth-order valence-corrected chi connectivity index (χ4v) is 1.80. The third-order valence-electron chi connectivity index (χ3n) is 3.00. The maximum absolute atomic E-state index is 12.0. The standard InChI is InChI=1S/C11H19N3O/c1-8(6-12)7-14(3)10(15)11(2,13)9-4-5-9/h8-9H,4-5,7,13H2,1-3H3. The van der Waals surface area contributed by atoms with Gasteiger partial charge in [-0.05, 0) is 32.6 Å². The summed E-state index contributed by atoms with van der Waals surface area (Å²) in [5.74, 6) is 0.130. The van der Waals surface area contributed by atoms with Crippen molar-refractivity contribution in [3.8, 4) is 6.07 Å². The number of likely N-dealkylation sites (N-methyl/N-ethyl adjacent to an activating group) is 1. The van der Waals surface area contributed by atoms with Crippen LogP contribution in [0.2, 0.25) is 0 Å². The van der Waals surface area contributed by atoms with Crippen molar-refractivity contribution in [2.24, 2.45) is 17.6 Å². The summed E-state index contributed by atoms with van der Waals surface area (Å²) in [6.45, 7) is 4.05. The van der Waals surface area contributed by atoms with Crippen LogP contribution in [-0.2, 0) is 4.79 Å². The summed E-state index contributed by atoms with van der Waals surface area (Å²) in [6.07, 6.45) is 2.08. The summed E-state index contributed by atoms with van der Waals surface area (Å²) >= 11 is 0. The molecule has 2 atom stereocenters. The summed E-state index contributed by atoms with van der Waals surface area (Å²) in [4.78, 5) is 13.6. The van der Waals surface area contributed by atoms with E-state index in [1.807, 2.05) is 0 Å². The Morgan fingerprint density at radius 2 is 2.27 bits per heavy atom. The Morgan fingerprint density at radius 3 is 2.67 bits per heavy atom. The molecule has 1 aliphatic carbocycles. The van der Waals surface area contributed by atoms with E-state index in [4.69, 9.17) is 11.0 Å². The van der Waals surface area contributed by atoms with Gasteiger partial charge in [0.1, 0.15) is 0 Å². The van der Waals surface area contributed by atoms with E-state index < -0.39 is 5.54 Å². The van der Waals surface area contributed by atoms with Crippen LogP contribution in [0.15, 0.2) is 0 Å². The van der Waals surface area contributed by atoms with E-state index in [0.717, 1.165) is 12.8 Å². The number of amides is 1. The molecule has 1 fully saturated rings. The molecule has 0 spiro atoms. The summed E-state index contributed by atoms with van der Waals surface area (Å²) in [7, 11) is 1.71. The van der Waals surface area contributed by atoms with Gasteiger partial charge in [0.15, 0.2) is 0 Å². The predicted octanol–water partition coefficient (Wildman–Crippen LogP) is 0.732. The van der Waals surface area contributed by atoms with Crippen molar-refractivity contribution in [2.45, 2.75) is 32.2 Å². The van der Waals surface area contributed by atoms with Gasteiger partial charge in [-0.2, -0.15) is 5.26 Å². The van der Waals surface area contributed by atoms with Gasteiger partial charge < -0.3 is 10.6 Å². The van der Waals surface area contributed by atoms with Gasteiger partial charge in [-0.25, -0.2) is 0 Å². The van der Waals surface area contributed by atoms with Gasteiger partial charge in [-0.15, -0.1) is 0 Å². The second-order valence-electron chi connectivity index (χ2n) is 4.77. The zero-order valence-corrected chi connectivity index (χ0v) is 9.66. The Bertz CT molecular complexity index is 289. The van der Waals surface area contributed by atoms with Crippen molar-refractivity contribution in [1.29, 1.82) is 5.26 Å². The largest absolute Gasteiger partial charge is 0.343 e. The molecule has 0 aromatic heterocycles. The Morgan fingerprint density at radius 1 is 1.73 bits per heavy atom. The fourth-order valence-electron chi connectivity index (χ4n) is 1.80. The normalized spacial score (nSPS) is 21.3. The maximum atomic E-state index is 12.0. The number of carbonyl (C=O) groups excluding carboxylic acids is 1. The van der Waals surface area contributed by atoms with Gasteiger partial charge in [0.25, 0.3) is 0 Å². The average molecular weight is 209 g/mol. The van der Waals surface area contributed by atoms with Crippen LogP contribution in [0.3, 0.4) is 0 Å². The molecule has 1 saturated carbocycles. The van der Waals surface area contributed by atoms with E-state index in [2.05, 4.69) is 6.07 Å².